The molecule has 0 radical (unpaired) electrons. The molecule has 0 heterocycles. The number of carbonyl (C=O) groups excluding carboxylic acids is 10. The van der Waals surface area contributed by atoms with Crippen molar-refractivity contribution in [1.29, 1.82) is 0 Å². The Morgan fingerprint density at radius 3 is 0.854 bits per heavy atom. The van der Waals surface area contributed by atoms with Crippen molar-refractivity contribution in [3.05, 3.63) is 0 Å². The lowest BCUT2D eigenvalue weighted by molar-refractivity contribution is -0.151. The van der Waals surface area contributed by atoms with Crippen molar-refractivity contribution in [3.63, 3.8) is 0 Å². The molecule has 0 aromatic rings. The van der Waals surface area contributed by atoms with Gasteiger partial charge in [0, 0.05) is 63.9 Å². The van der Waals surface area contributed by atoms with Crippen molar-refractivity contribution in [1.82, 2.24) is 49.4 Å². The summed E-state index contributed by atoms with van der Waals surface area (Å²) >= 11 is 0. The van der Waals surface area contributed by atoms with E-state index in [4.69, 9.17) is 5.73 Å². The highest BCUT2D eigenvalue weighted by Gasteiger charge is 2.35. The summed E-state index contributed by atoms with van der Waals surface area (Å²) in [6, 6.07) is -1.20. The van der Waals surface area contributed by atoms with E-state index in [1.165, 1.54) is 61.1 Å². The Morgan fingerprint density at radius 2 is 0.610 bits per heavy atom. The molecule has 27 nitrogen and oxygen atoms in total. The smallest absolute Gasteiger partial charge is 0.242 e. The van der Waals surface area contributed by atoms with Gasteiger partial charge in [0.2, 0.25) is 59.1 Å². The molecule has 82 heavy (non-hydrogen) atoms. The normalized spacial score (nSPS) is 15.1. The van der Waals surface area contributed by atoms with E-state index in [1.807, 2.05) is 27.4 Å². The van der Waals surface area contributed by atoms with Gasteiger partial charge in [-0.25, -0.2) is 0 Å². The quantitative estimate of drug-likeness (QED) is 0.0281. The van der Waals surface area contributed by atoms with Gasteiger partial charge in [0.25, 0.3) is 0 Å². The zero-order valence-electron chi connectivity index (χ0n) is 51.3. The molecule has 11 atom stereocenters. The maximum Gasteiger partial charge on any atom is 0.242 e. The van der Waals surface area contributed by atoms with Gasteiger partial charge < -0.3 is 85.8 Å². The van der Waals surface area contributed by atoms with Crippen LogP contribution < -0.4 is 11.1 Å². The molecule has 28 heteroatoms. The number of nitrogens with one attached hydrogen (secondary N) is 1. The third-order valence-electron chi connectivity index (χ3n) is 13.4. The number of aliphatic hydroxyl groups is 6. The number of aliphatic hydroxyl groups excluding tert-OH is 6. The lowest BCUT2D eigenvalue weighted by atomic mass is 10.2. The minimum absolute atomic E-state index is 0.00551. The molecule has 0 fully saturated rings. The number of nitrogens with two attached hydrogens (primary N) is 1. The van der Waals surface area contributed by atoms with Gasteiger partial charge in [-0.3, -0.25) is 47.9 Å². The average Bonchev–Trinajstić information content (AvgIpc) is 3.37. The predicted molar refractivity (Wildman–Crippen MR) is 310 cm³/mol. The van der Waals surface area contributed by atoms with Crippen LogP contribution in [0.15, 0.2) is 0 Å². The molecule has 474 valence electrons. The molecule has 9 N–H and O–H groups in total. The Kier molecular flexibility index (Phi) is 36.9. The Bertz CT molecular complexity index is 2040. The van der Waals surface area contributed by atoms with Crippen LogP contribution in [0.4, 0.5) is 0 Å². The SMILES string of the molecule is CCC(C)NCC(=O)N(CC(=O)N(CC(=O)N(CC(=O)N(CC(=O)N(CC(=O)N(CC(=O)N(CC(=O)N(CC(=O)N(CC(N)=O)CC(C)O)C(C)CC)CC(C)O)CC(C)O)CC(C)O)C(C)CC)CC(C)PC)CC(C)O)CC(C)O. The summed E-state index contributed by atoms with van der Waals surface area (Å²) < 4.78 is 0. The van der Waals surface area contributed by atoms with Crippen molar-refractivity contribution in [3.8, 4) is 0 Å². The lowest BCUT2D eigenvalue weighted by Gasteiger charge is -2.35. The first-order chi connectivity index (χ1) is 38.1. The molecular weight excluding hydrogens is 1090 g/mol. The molecule has 11 unspecified atom stereocenters. The number of hydrogen-bond acceptors (Lipinski definition) is 17. The Morgan fingerprint density at radius 1 is 0.366 bits per heavy atom. The number of primary amides is 1. The van der Waals surface area contributed by atoms with Gasteiger partial charge in [0.15, 0.2) is 0 Å². The van der Waals surface area contributed by atoms with Crippen LogP contribution in [-0.2, 0) is 47.9 Å². The number of carbonyl (C=O) groups is 10. The Balaban J connectivity index is 6.91. The van der Waals surface area contributed by atoms with Crippen LogP contribution in [0.5, 0.6) is 0 Å². The second-order valence-corrected chi connectivity index (χ2v) is 23.5. The van der Waals surface area contributed by atoms with Crippen LogP contribution in [0.25, 0.3) is 0 Å². The zero-order valence-corrected chi connectivity index (χ0v) is 52.3. The fraction of sp³-hybridized carbons (Fsp3) is 0.815. The molecule has 0 aromatic heterocycles. The monoisotopic (exact) mass is 1190 g/mol. The minimum Gasteiger partial charge on any atom is -0.392 e. The predicted octanol–water partition coefficient (Wildman–Crippen LogP) is -3.10. The summed E-state index contributed by atoms with van der Waals surface area (Å²) in [7, 11) is 0.319. The van der Waals surface area contributed by atoms with Crippen molar-refractivity contribution < 1.29 is 78.6 Å². The van der Waals surface area contributed by atoms with Gasteiger partial charge in [-0.1, -0.05) is 27.7 Å². The largest absolute Gasteiger partial charge is 0.392 e. The number of nitrogens with zero attached hydrogens (tertiary/aromatic N) is 9. The Labute approximate surface area is 487 Å². The van der Waals surface area contributed by atoms with E-state index in [0.717, 1.165) is 30.9 Å². The fourth-order valence-corrected chi connectivity index (χ4v) is 8.70. The second-order valence-electron chi connectivity index (χ2n) is 21.9. The van der Waals surface area contributed by atoms with Crippen LogP contribution in [0.2, 0.25) is 0 Å². The highest BCUT2D eigenvalue weighted by atomic mass is 31.1. The van der Waals surface area contributed by atoms with Crippen LogP contribution in [0.3, 0.4) is 0 Å². The standard InChI is InChI=1S/C54H102N11O16P/c1-15-35(4)56-18-46(73)58(20-39(8)67)27-47(74)60(22-41(10)69)30-50(77)63(25-44(13)82-14)32-54(81)65(37(6)17-3)34-52(79)61(23-42(11)70)29-48(75)59(21-40(9)68)28-49(76)62(24-43(12)71)31-53(80)64(36(5)16-2)33-51(78)57(19-38(7)66)26-45(55)72/h35-44,56,66-71,82H,15-34H2,1-14H3,(H2,55,72). The molecule has 0 aliphatic rings. The highest BCUT2D eigenvalue weighted by Crippen LogP contribution is 2.17. The molecule has 0 rings (SSSR count). The van der Waals surface area contributed by atoms with Crippen LogP contribution in [-0.4, -0.2) is 312 Å². The van der Waals surface area contributed by atoms with E-state index in [2.05, 4.69) is 5.32 Å². The van der Waals surface area contributed by atoms with E-state index in [9.17, 15) is 78.6 Å². The van der Waals surface area contributed by atoms with Crippen molar-refractivity contribution in [2.24, 2.45) is 5.73 Å². The third-order valence-corrected chi connectivity index (χ3v) is 14.5. The molecule has 0 aliphatic heterocycles. The zero-order chi connectivity index (χ0) is 63.3. The Hall–Kier alpha value is -5.15. The molecule has 0 saturated heterocycles. The topological polar surface area (TPSA) is 359 Å². The van der Waals surface area contributed by atoms with Crippen LogP contribution in [0.1, 0.15) is 109 Å². The maximum absolute atomic E-state index is 14.5. The third kappa shape index (κ3) is 30.4. The van der Waals surface area contributed by atoms with E-state index < -0.39 is 186 Å². The van der Waals surface area contributed by atoms with E-state index >= 15 is 0 Å². The van der Waals surface area contributed by atoms with Crippen LogP contribution in [0, 0.1) is 0 Å². The number of amides is 10. The van der Waals surface area contributed by atoms with Crippen molar-refractivity contribution in [2.75, 3.05) is 118 Å². The van der Waals surface area contributed by atoms with Crippen molar-refractivity contribution in [2.45, 2.75) is 170 Å². The fourth-order valence-electron chi connectivity index (χ4n) is 8.30. The summed E-state index contributed by atoms with van der Waals surface area (Å²) in [5.41, 5.74) is 5.22. The molecule has 0 spiro atoms. The van der Waals surface area contributed by atoms with Gasteiger partial charge in [-0.05, 0) is 93.9 Å². The first kappa shape index (κ1) is 76.9. The highest BCUT2D eigenvalue weighted by molar-refractivity contribution is 7.37. The summed E-state index contributed by atoms with van der Waals surface area (Å²) in [6.45, 7) is 15.1. The van der Waals surface area contributed by atoms with Gasteiger partial charge in [0.1, 0.15) is 13.1 Å². The second kappa shape index (κ2) is 39.4. The number of hydrogen-bond donors (Lipinski definition) is 8. The van der Waals surface area contributed by atoms with Crippen molar-refractivity contribution >= 4 is 67.7 Å². The molecule has 10 amide bonds. The first-order valence-corrected chi connectivity index (χ1v) is 30.0. The first-order valence-electron chi connectivity index (χ1n) is 28.4. The van der Waals surface area contributed by atoms with Gasteiger partial charge >= 0.3 is 0 Å². The molecule has 0 saturated carbocycles. The van der Waals surface area contributed by atoms with Gasteiger partial charge in [-0.2, -0.15) is 0 Å². The maximum atomic E-state index is 14.5. The average molecular weight is 1190 g/mol. The van der Waals surface area contributed by atoms with E-state index in [-0.39, 0.29) is 44.4 Å². The summed E-state index contributed by atoms with van der Waals surface area (Å²) in [4.78, 5) is 148. The molecule has 0 aromatic carbocycles. The van der Waals surface area contributed by atoms with E-state index in [0.29, 0.717) is 21.4 Å². The summed E-state index contributed by atoms with van der Waals surface area (Å²) in [5, 5.41) is 65.3. The molecule has 0 bridgehead atoms. The molecular formula is C54H102N11O16P. The van der Waals surface area contributed by atoms with Gasteiger partial charge in [0.05, 0.1) is 89.0 Å². The van der Waals surface area contributed by atoms with E-state index in [1.54, 1.807) is 27.7 Å². The minimum atomic E-state index is -1.23. The van der Waals surface area contributed by atoms with Crippen LogP contribution >= 0.6 is 8.58 Å². The van der Waals surface area contributed by atoms with Gasteiger partial charge in [-0.15, -0.1) is 8.58 Å². The molecule has 0 aliphatic carbocycles. The summed E-state index contributed by atoms with van der Waals surface area (Å²) in [6.07, 6.45) is -5.34. The summed E-state index contributed by atoms with van der Waals surface area (Å²) in [5.74, 6) is -7.33. The number of rotatable bonds is 41. The lowest BCUT2D eigenvalue weighted by Crippen LogP contribution is -2.56.